The van der Waals surface area contributed by atoms with Crippen LogP contribution >= 0.6 is 0 Å². The van der Waals surface area contributed by atoms with E-state index in [4.69, 9.17) is 10.5 Å². The fraction of sp³-hybridized carbons (Fsp3) is 0.474. The number of hydrogen-bond donors (Lipinski definition) is 2. The van der Waals surface area contributed by atoms with E-state index in [1.807, 2.05) is 11.6 Å². The van der Waals surface area contributed by atoms with E-state index >= 15 is 0 Å². The van der Waals surface area contributed by atoms with Crippen molar-refractivity contribution in [2.24, 2.45) is 10.7 Å². The van der Waals surface area contributed by atoms with Crippen molar-refractivity contribution in [3.8, 4) is 0 Å². The molecular weight excluding hydrogens is 314 g/mol. The number of aromatic nitrogens is 2. The molecule has 0 saturated heterocycles. The van der Waals surface area contributed by atoms with Gasteiger partial charge in [0.25, 0.3) is 0 Å². The molecule has 3 N–H and O–H groups in total. The molecule has 134 valence electrons. The summed E-state index contributed by atoms with van der Waals surface area (Å²) in [5, 5.41) is 7.76. The van der Waals surface area contributed by atoms with Crippen LogP contribution in [0.1, 0.15) is 34.5 Å². The SMILES string of the molecule is COCCn1nc(C)c(CN=C(N)Nc2ccc3c(c2)CCC3)c1C. The van der Waals surface area contributed by atoms with E-state index in [9.17, 15) is 0 Å². The molecule has 0 aliphatic heterocycles. The largest absolute Gasteiger partial charge is 0.383 e. The van der Waals surface area contributed by atoms with Crippen molar-refractivity contribution in [3.05, 3.63) is 46.3 Å². The van der Waals surface area contributed by atoms with Crippen molar-refractivity contribution < 1.29 is 4.74 Å². The van der Waals surface area contributed by atoms with Gasteiger partial charge in [0.05, 0.1) is 25.4 Å². The highest BCUT2D eigenvalue weighted by Crippen LogP contribution is 2.24. The molecule has 25 heavy (non-hydrogen) atoms. The van der Waals surface area contributed by atoms with Crippen molar-refractivity contribution in [1.82, 2.24) is 9.78 Å². The van der Waals surface area contributed by atoms with Crippen molar-refractivity contribution in [2.45, 2.75) is 46.2 Å². The summed E-state index contributed by atoms with van der Waals surface area (Å²) >= 11 is 0. The topological polar surface area (TPSA) is 77.5 Å². The number of nitrogens with zero attached hydrogens (tertiary/aromatic N) is 3. The molecule has 6 nitrogen and oxygen atoms in total. The minimum absolute atomic E-state index is 0.432. The van der Waals surface area contributed by atoms with Crippen LogP contribution in [0.3, 0.4) is 0 Å². The molecule has 1 aliphatic carbocycles. The van der Waals surface area contributed by atoms with Crippen molar-refractivity contribution in [1.29, 1.82) is 0 Å². The number of hydrogen-bond acceptors (Lipinski definition) is 3. The quantitative estimate of drug-likeness (QED) is 0.625. The third-order valence-electron chi connectivity index (χ3n) is 4.82. The van der Waals surface area contributed by atoms with Gasteiger partial charge in [0, 0.05) is 24.1 Å². The fourth-order valence-corrected chi connectivity index (χ4v) is 3.36. The minimum Gasteiger partial charge on any atom is -0.383 e. The highest BCUT2D eigenvalue weighted by atomic mass is 16.5. The lowest BCUT2D eigenvalue weighted by atomic mass is 10.1. The first-order valence-corrected chi connectivity index (χ1v) is 8.79. The molecule has 0 unspecified atom stereocenters. The standard InChI is InChI=1S/C19H27N5O/c1-13-18(14(2)24(23-13)9-10-25-3)12-21-19(20)22-17-8-7-15-5-4-6-16(15)11-17/h7-8,11H,4-6,9-10,12H2,1-3H3,(H3,20,21,22). The highest BCUT2D eigenvalue weighted by Gasteiger charge is 2.12. The van der Waals surface area contributed by atoms with Gasteiger partial charge in [-0.3, -0.25) is 4.68 Å². The summed E-state index contributed by atoms with van der Waals surface area (Å²) in [4.78, 5) is 4.50. The molecule has 3 rings (SSSR count). The number of aliphatic imine (C=N–C) groups is 1. The number of nitrogens with one attached hydrogen (secondary N) is 1. The summed E-state index contributed by atoms with van der Waals surface area (Å²) in [5.74, 6) is 0.432. The van der Waals surface area contributed by atoms with Gasteiger partial charge in [-0.1, -0.05) is 6.07 Å². The second-order valence-electron chi connectivity index (χ2n) is 6.53. The number of nitrogens with two attached hydrogens (primary N) is 1. The van der Waals surface area contributed by atoms with Crippen LogP contribution in [0, 0.1) is 13.8 Å². The van der Waals surface area contributed by atoms with E-state index in [0.29, 0.717) is 19.1 Å². The van der Waals surface area contributed by atoms with E-state index in [2.05, 4.69) is 40.5 Å². The molecule has 0 bridgehead atoms. The van der Waals surface area contributed by atoms with Crippen LogP contribution in [0.4, 0.5) is 5.69 Å². The van der Waals surface area contributed by atoms with Gasteiger partial charge in [0.2, 0.25) is 0 Å². The lowest BCUT2D eigenvalue weighted by Gasteiger charge is -2.08. The molecule has 0 amide bonds. The first-order chi connectivity index (χ1) is 12.1. The van der Waals surface area contributed by atoms with Crippen molar-refractivity contribution in [2.75, 3.05) is 19.0 Å². The van der Waals surface area contributed by atoms with E-state index < -0.39 is 0 Å². The third kappa shape index (κ3) is 4.02. The van der Waals surface area contributed by atoms with Gasteiger partial charge in [0.15, 0.2) is 5.96 Å². The van der Waals surface area contributed by atoms with Crippen LogP contribution in [0.15, 0.2) is 23.2 Å². The number of guanidine groups is 1. The molecule has 2 aromatic rings. The Balaban J connectivity index is 1.66. The zero-order valence-corrected chi connectivity index (χ0v) is 15.3. The Morgan fingerprint density at radius 1 is 1.32 bits per heavy atom. The normalized spacial score (nSPS) is 14.0. The molecule has 0 radical (unpaired) electrons. The van der Waals surface area contributed by atoms with Gasteiger partial charge in [-0.05, 0) is 56.4 Å². The van der Waals surface area contributed by atoms with Crippen LogP contribution < -0.4 is 11.1 Å². The van der Waals surface area contributed by atoms with Crippen LogP contribution in [0.25, 0.3) is 0 Å². The average molecular weight is 341 g/mol. The molecule has 1 aromatic carbocycles. The number of anilines is 1. The summed E-state index contributed by atoms with van der Waals surface area (Å²) in [6.45, 7) is 5.98. The maximum Gasteiger partial charge on any atom is 0.193 e. The second-order valence-corrected chi connectivity index (χ2v) is 6.53. The van der Waals surface area contributed by atoms with Crippen LogP contribution in [0.2, 0.25) is 0 Å². The average Bonchev–Trinajstić information content (AvgIpc) is 3.15. The van der Waals surface area contributed by atoms with Gasteiger partial charge >= 0.3 is 0 Å². The number of fused-ring (bicyclic) bond motifs is 1. The van der Waals surface area contributed by atoms with Crippen molar-refractivity contribution >= 4 is 11.6 Å². The lowest BCUT2D eigenvalue weighted by molar-refractivity contribution is 0.182. The Bertz CT molecular complexity index is 778. The molecule has 6 heteroatoms. The van der Waals surface area contributed by atoms with Gasteiger partial charge in [-0.25, -0.2) is 4.99 Å². The van der Waals surface area contributed by atoms with E-state index in [1.165, 1.54) is 24.0 Å². The Morgan fingerprint density at radius 3 is 2.92 bits per heavy atom. The van der Waals surface area contributed by atoms with Gasteiger partial charge in [-0.15, -0.1) is 0 Å². The number of methoxy groups -OCH3 is 1. The number of rotatable bonds is 6. The van der Waals surface area contributed by atoms with E-state index in [1.54, 1.807) is 7.11 Å². The predicted octanol–water partition coefficient (Wildman–Crippen LogP) is 2.56. The summed E-state index contributed by atoms with van der Waals surface area (Å²) in [7, 11) is 1.70. The maximum absolute atomic E-state index is 6.08. The predicted molar refractivity (Wildman–Crippen MR) is 101 cm³/mol. The number of ether oxygens (including phenoxy) is 1. The molecular formula is C19H27N5O. The highest BCUT2D eigenvalue weighted by molar-refractivity contribution is 5.92. The van der Waals surface area contributed by atoms with Gasteiger partial charge < -0.3 is 15.8 Å². The second kappa shape index (κ2) is 7.70. The maximum atomic E-state index is 6.08. The molecule has 0 spiro atoms. The molecule has 0 saturated carbocycles. The first kappa shape index (κ1) is 17.5. The summed E-state index contributed by atoms with van der Waals surface area (Å²) in [6.07, 6.45) is 3.58. The lowest BCUT2D eigenvalue weighted by Crippen LogP contribution is -2.22. The molecule has 1 aromatic heterocycles. The Morgan fingerprint density at radius 2 is 2.12 bits per heavy atom. The summed E-state index contributed by atoms with van der Waals surface area (Å²) in [5.41, 5.74) is 13.2. The smallest absolute Gasteiger partial charge is 0.193 e. The number of aryl methyl sites for hydroxylation is 3. The Hall–Kier alpha value is -2.34. The zero-order valence-electron chi connectivity index (χ0n) is 15.3. The summed E-state index contributed by atoms with van der Waals surface area (Å²) in [6, 6.07) is 6.45. The van der Waals surface area contributed by atoms with Gasteiger partial charge in [0.1, 0.15) is 0 Å². The third-order valence-corrected chi connectivity index (χ3v) is 4.82. The van der Waals surface area contributed by atoms with Crippen LogP contribution in [0.5, 0.6) is 0 Å². The Labute approximate surface area is 149 Å². The molecule has 0 fully saturated rings. The Kier molecular flexibility index (Phi) is 5.38. The fourth-order valence-electron chi connectivity index (χ4n) is 3.36. The monoisotopic (exact) mass is 341 g/mol. The molecule has 1 heterocycles. The first-order valence-electron chi connectivity index (χ1n) is 8.79. The van der Waals surface area contributed by atoms with E-state index in [0.717, 1.165) is 35.6 Å². The van der Waals surface area contributed by atoms with E-state index in [-0.39, 0.29) is 0 Å². The number of benzene rings is 1. The molecule has 0 atom stereocenters. The zero-order chi connectivity index (χ0) is 17.8. The summed E-state index contributed by atoms with van der Waals surface area (Å²) < 4.78 is 7.09. The van der Waals surface area contributed by atoms with Crippen LogP contribution in [-0.4, -0.2) is 29.5 Å². The van der Waals surface area contributed by atoms with Crippen LogP contribution in [-0.2, 0) is 30.7 Å². The molecule has 1 aliphatic rings. The minimum atomic E-state index is 0.432. The van der Waals surface area contributed by atoms with Crippen molar-refractivity contribution in [3.63, 3.8) is 0 Å². The van der Waals surface area contributed by atoms with Gasteiger partial charge in [-0.2, -0.15) is 5.10 Å².